The summed E-state index contributed by atoms with van der Waals surface area (Å²) < 4.78 is 0. The summed E-state index contributed by atoms with van der Waals surface area (Å²) in [6.07, 6.45) is 5.63. The van der Waals surface area contributed by atoms with E-state index in [2.05, 4.69) is 4.90 Å². The number of thiocarbonyl (C=S) groups is 1. The van der Waals surface area contributed by atoms with Crippen molar-refractivity contribution in [3.8, 4) is 0 Å². The Morgan fingerprint density at radius 1 is 1.18 bits per heavy atom. The Balaban J connectivity index is 1.86. The number of carbonyl (C=O) groups is 1. The molecule has 4 nitrogen and oxygen atoms in total. The second kappa shape index (κ2) is 5.78. The van der Waals surface area contributed by atoms with Gasteiger partial charge in [-0.15, -0.1) is 0 Å². The van der Waals surface area contributed by atoms with E-state index in [-0.39, 0.29) is 11.9 Å². The second-order valence-electron chi connectivity index (χ2n) is 4.97. The van der Waals surface area contributed by atoms with Gasteiger partial charge in [0.1, 0.15) is 0 Å². The number of rotatable bonds is 3. The van der Waals surface area contributed by atoms with Gasteiger partial charge in [0.05, 0.1) is 17.6 Å². The van der Waals surface area contributed by atoms with Crippen molar-refractivity contribution in [1.29, 1.82) is 0 Å². The fourth-order valence-electron chi connectivity index (χ4n) is 2.75. The Morgan fingerprint density at radius 3 is 2.53 bits per heavy atom. The van der Waals surface area contributed by atoms with E-state index < -0.39 is 0 Å². The van der Waals surface area contributed by atoms with E-state index in [9.17, 15) is 4.79 Å². The highest BCUT2D eigenvalue weighted by atomic mass is 32.1. The van der Waals surface area contributed by atoms with E-state index >= 15 is 0 Å². The van der Waals surface area contributed by atoms with E-state index in [1.165, 1.54) is 6.42 Å². The molecule has 2 aliphatic rings. The zero-order valence-corrected chi connectivity index (χ0v) is 11.0. The zero-order chi connectivity index (χ0) is 12.3. The van der Waals surface area contributed by atoms with Crippen LogP contribution < -0.4 is 5.73 Å². The normalized spacial score (nSPS) is 26.1. The summed E-state index contributed by atoms with van der Waals surface area (Å²) >= 11 is 5.05. The molecule has 2 heterocycles. The maximum atomic E-state index is 12.1. The lowest BCUT2D eigenvalue weighted by Crippen LogP contribution is -2.47. The fourth-order valence-corrected chi connectivity index (χ4v) is 3.02. The van der Waals surface area contributed by atoms with Gasteiger partial charge in [0.2, 0.25) is 5.91 Å². The first kappa shape index (κ1) is 12.8. The van der Waals surface area contributed by atoms with Gasteiger partial charge in [0, 0.05) is 13.1 Å². The number of nitrogens with two attached hydrogens (primary N) is 1. The first-order chi connectivity index (χ1) is 8.18. The lowest BCUT2D eigenvalue weighted by molar-refractivity contribution is -0.133. The van der Waals surface area contributed by atoms with Crippen LogP contribution in [0, 0.1) is 0 Å². The van der Waals surface area contributed by atoms with Crippen molar-refractivity contribution in [2.75, 3.05) is 26.2 Å². The maximum Gasteiger partial charge on any atom is 0.236 e. The van der Waals surface area contributed by atoms with Gasteiger partial charge in [-0.2, -0.15) is 0 Å². The third-order valence-corrected chi connectivity index (χ3v) is 4.01. The number of carbonyl (C=O) groups excluding carboxylic acids is 1. The minimum absolute atomic E-state index is 0.138. The topological polar surface area (TPSA) is 49.6 Å². The summed E-state index contributed by atoms with van der Waals surface area (Å²) in [5.74, 6) is 0.243. The highest BCUT2D eigenvalue weighted by Gasteiger charge is 2.29. The average molecular weight is 255 g/mol. The van der Waals surface area contributed by atoms with Crippen molar-refractivity contribution in [2.45, 2.75) is 38.1 Å². The Morgan fingerprint density at radius 2 is 1.88 bits per heavy atom. The van der Waals surface area contributed by atoms with Crippen LogP contribution >= 0.6 is 12.2 Å². The van der Waals surface area contributed by atoms with E-state index in [1.54, 1.807) is 0 Å². The molecule has 0 radical (unpaired) electrons. The minimum atomic E-state index is 0.138. The molecule has 2 N–H and O–H groups in total. The van der Waals surface area contributed by atoms with Crippen LogP contribution in [0.5, 0.6) is 0 Å². The number of piperidine rings is 1. The van der Waals surface area contributed by atoms with E-state index in [0.717, 1.165) is 45.3 Å². The van der Waals surface area contributed by atoms with Gasteiger partial charge in [-0.25, -0.2) is 0 Å². The monoisotopic (exact) mass is 255 g/mol. The van der Waals surface area contributed by atoms with Gasteiger partial charge in [0.25, 0.3) is 0 Å². The molecule has 0 spiro atoms. The second-order valence-corrected chi connectivity index (χ2v) is 5.44. The van der Waals surface area contributed by atoms with Crippen LogP contribution in [0.3, 0.4) is 0 Å². The van der Waals surface area contributed by atoms with Gasteiger partial charge >= 0.3 is 0 Å². The van der Waals surface area contributed by atoms with Crippen LogP contribution in [0.4, 0.5) is 0 Å². The summed E-state index contributed by atoms with van der Waals surface area (Å²) in [4.78, 5) is 16.8. The molecular formula is C12H21N3OS. The Hall–Kier alpha value is -0.680. The predicted octanol–water partition coefficient (Wildman–Crippen LogP) is 0.749. The van der Waals surface area contributed by atoms with Crippen molar-refractivity contribution in [3.63, 3.8) is 0 Å². The molecule has 2 saturated heterocycles. The first-order valence-electron chi connectivity index (χ1n) is 6.49. The average Bonchev–Trinajstić information content (AvgIpc) is 2.78. The summed E-state index contributed by atoms with van der Waals surface area (Å²) in [6.45, 7) is 3.28. The fraction of sp³-hybridized carbons (Fsp3) is 0.833. The van der Waals surface area contributed by atoms with Crippen LogP contribution in [-0.4, -0.2) is 52.9 Å². The van der Waals surface area contributed by atoms with Gasteiger partial charge in [-0.1, -0.05) is 12.2 Å². The van der Waals surface area contributed by atoms with Gasteiger partial charge in [-0.3, -0.25) is 9.69 Å². The van der Waals surface area contributed by atoms with Crippen LogP contribution in [-0.2, 0) is 4.79 Å². The van der Waals surface area contributed by atoms with E-state index in [4.69, 9.17) is 18.0 Å². The molecule has 2 aliphatic heterocycles. The Labute approximate surface area is 108 Å². The molecule has 0 aromatic rings. The summed E-state index contributed by atoms with van der Waals surface area (Å²) in [5.41, 5.74) is 5.71. The van der Waals surface area contributed by atoms with Crippen LogP contribution in [0.2, 0.25) is 0 Å². The molecule has 0 aromatic heterocycles. The van der Waals surface area contributed by atoms with Crippen molar-refractivity contribution in [1.82, 2.24) is 9.80 Å². The first-order valence-corrected chi connectivity index (χ1v) is 6.90. The zero-order valence-electron chi connectivity index (χ0n) is 10.2. The van der Waals surface area contributed by atoms with Gasteiger partial charge < -0.3 is 10.6 Å². The van der Waals surface area contributed by atoms with Crippen molar-refractivity contribution >= 4 is 23.1 Å². The molecule has 17 heavy (non-hydrogen) atoms. The third-order valence-electron chi connectivity index (χ3n) is 3.74. The number of hydrogen-bond acceptors (Lipinski definition) is 3. The molecule has 0 aromatic carbocycles. The number of hydrogen-bond donors (Lipinski definition) is 1. The largest absolute Gasteiger partial charge is 0.392 e. The molecule has 1 unspecified atom stereocenters. The maximum absolute atomic E-state index is 12.1. The SMILES string of the molecule is NC(=S)C1CCCN1CC(=O)N1CCCCC1. The smallest absolute Gasteiger partial charge is 0.236 e. The molecule has 5 heteroatoms. The quantitative estimate of drug-likeness (QED) is 0.756. The van der Waals surface area contributed by atoms with Crippen molar-refractivity contribution < 1.29 is 4.79 Å². The molecule has 2 rings (SSSR count). The van der Waals surface area contributed by atoms with Crippen LogP contribution in [0.1, 0.15) is 32.1 Å². The minimum Gasteiger partial charge on any atom is -0.392 e. The number of nitrogens with zero attached hydrogens (tertiary/aromatic N) is 2. The molecule has 0 aliphatic carbocycles. The molecule has 2 fully saturated rings. The molecular weight excluding hydrogens is 234 g/mol. The third kappa shape index (κ3) is 3.16. The van der Waals surface area contributed by atoms with Gasteiger partial charge in [-0.05, 0) is 38.6 Å². The van der Waals surface area contributed by atoms with Crippen LogP contribution in [0.15, 0.2) is 0 Å². The lowest BCUT2D eigenvalue weighted by Gasteiger charge is -2.30. The summed E-state index contributed by atoms with van der Waals surface area (Å²) in [7, 11) is 0. The highest BCUT2D eigenvalue weighted by molar-refractivity contribution is 7.80. The Bertz CT molecular complexity index is 302. The van der Waals surface area contributed by atoms with Crippen LogP contribution in [0.25, 0.3) is 0 Å². The number of likely N-dealkylation sites (tertiary alicyclic amines) is 2. The standard InChI is InChI=1S/C12H21N3OS/c13-12(17)10-5-4-8-15(10)9-11(16)14-6-2-1-3-7-14/h10H,1-9H2,(H2,13,17). The molecule has 0 saturated carbocycles. The summed E-state index contributed by atoms with van der Waals surface area (Å²) in [5, 5.41) is 0. The molecule has 0 bridgehead atoms. The van der Waals surface area contributed by atoms with Crippen molar-refractivity contribution in [3.05, 3.63) is 0 Å². The van der Waals surface area contributed by atoms with Gasteiger partial charge in [0.15, 0.2) is 0 Å². The Kier molecular flexibility index (Phi) is 4.34. The van der Waals surface area contributed by atoms with E-state index in [0.29, 0.717) is 11.5 Å². The predicted molar refractivity (Wildman–Crippen MR) is 71.8 cm³/mol. The highest BCUT2D eigenvalue weighted by Crippen LogP contribution is 2.18. The van der Waals surface area contributed by atoms with Crippen molar-refractivity contribution in [2.24, 2.45) is 5.73 Å². The van der Waals surface area contributed by atoms with E-state index in [1.807, 2.05) is 4.90 Å². The molecule has 1 atom stereocenters. The summed E-state index contributed by atoms with van der Waals surface area (Å²) in [6, 6.07) is 0.138. The molecule has 96 valence electrons. The number of amides is 1. The molecule has 1 amide bonds. The lowest BCUT2D eigenvalue weighted by atomic mass is 10.1.